The zero-order valence-corrected chi connectivity index (χ0v) is 8.08. The van der Waals surface area contributed by atoms with Crippen LogP contribution >= 0.6 is 0 Å². The number of anilines is 1. The number of aromatic nitrogens is 2. The molecule has 0 radical (unpaired) electrons. The first-order chi connectivity index (χ1) is 6.81. The van der Waals surface area contributed by atoms with Gasteiger partial charge in [0.05, 0.1) is 11.4 Å². The Hall–Kier alpha value is -1.20. The van der Waals surface area contributed by atoms with E-state index in [0.29, 0.717) is 12.5 Å². The minimum atomic E-state index is 0.339. The van der Waals surface area contributed by atoms with E-state index >= 15 is 0 Å². The lowest BCUT2D eigenvalue weighted by atomic mass is 10.1. The quantitative estimate of drug-likeness (QED) is 0.543. The van der Waals surface area contributed by atoms with Crippen molar-refractivity contribution in [3.8, 4) is 0 Å². The molecule has 5 nitrogen and oxygen atoms in total. The molecule has 1 aliphatic rings. The number of hydrogen-bond donors (Lipinski definition) is 3. The summed E-state index contributed by atoms with van der Waals surface area (Å²) in [5, 5.41) is 3.32. The number of rotatable bonds is 1. The van der Waals surface area contributed by atoms with Crippen LogP contribution < -0.4 is 16.8 Å². The molecule has 14 heavy (non-hydrogen) atoms. The first kappa shape index (κ1) is 9.36. The fraction of sp³-hybridized carbons (Fsp3) is 0.556. The zero-order valence-electron chi connectivity index (χ0n) is 8.08. The zero-order chi connectivity index (χ0) is 9.97. The van der Waals surface area contributed by atoms with E-state index in [1.54, 1.807) is 0 Å². The van der Waals surface area contributed by atoms with Crippen molar-refractivity contribution in [1.82, 2.24) is 15.3 Å². The Kier molecular flexibility index (Phi) is 2.60. The van der Waals surface area contributed by atoms with Gasteiger partial charge in [0.1, 0.15) is 0 Å². The van der Waals surface area contributed by atoms with Gasteiger partial charge in [0, 0.05) is 19.5 Å². The topological polar surface area (TPSA) is 89.8 Å². The van der Waals surface area contributed by atoms with Crippen molar-refractivity contribution in [3.05, 3.63) is 17.0 Å². The average Bonchev–Trinajstić information content (AvgIpc) is 2.41. The number of nitrogens with one attached hydrogen (secondary N) is 1. The van der Waals surface area contributed by atoms with E-state index < -0.39 is 0 Å². The molecule has 0 aliphatic carbocycles. The molecular formula is C9H15N5. The molecule has 1 aromatic rings. The monoisotopic (exact) mass is 193 g/mol. The van der Waals surface area contributed by atoms with Gasteiger partial charge in [-0.15, -0.1) is 0 Å². The number of fused-ring (bicyclic) bond motifs is 1. The average molecular weight is 193 g/mol. The Morgan fingerprint density at radius 2 is 2.00 bits per heavy atom. The Labute approximate surface area is 82.9 Å². The predicted molar refractivity (Wildman–Crippen MR) is 54.6 cm³/mol. The van der Waals surface area contributed by atoms with Gasteiger partial charge >= 0.3 is 0 Å². The van der Waals surface area contributed by atoms with Gasteiger partial charge < -0.3 is 16.8 Å². The van der Waals surface area contributed by atoms with Gasteiger partial charge in [-0.3, -0.25) is 0 Å². The maximum atomic E-state index is 5.63. The molecule has 2 rings (SSSR count). The largest absolute Gasteiger partial charge is 0.368 e. The lowest BCUT2D eigenvalue weighted by molar-refractivity contribution is 0.707. The van der Waals surface area contributed by atoms with E-state index in [2.05, 4.69) is 15.3 Å². The Morgan fingerprint density at radius 1 is 1.21 bits per heavy atom. The normalized spacial score (nSPS) is 16.1. The Morgan fingerprint density at radius 3 is 2.79 bits per heavy atom. The van der Waals surface area contributed by atoms with E-state index in [4.69, 9.17) is 11.5 Å². The van der Waals surface area contributed by atoms with E-state index in [0.717, 1.165) is 37.3 Å². The van der Waals surface area contributed by atoms with Crippen LogP contribution in [0, 0.1) is 0 Å². The summed E-state index contributed by atoms with van der Waals surface area (Å²) in [5.74, 6) is 0.339. The summed E-state index contributed by atoms with van der Waals surface area (Å²) in [6.45, 7) is 2.36. The molecule has 5 N–H and O–H groups in total. The summed E-state index contributed by atoms with van der Waals surface area (Å²) in [5.41, 5.74) is 14.4. The van der Waals surface area contributed by atoms with Crippen molar-refractivity contribution in [2.75, 3.05) is 18.8 Å². The van der Waals surface area contributed by atoms with Crippen LogP contribution in [0.3, 0.4) is 0 Å². The van der Waals surface area contributed by atoms with E-state index in [1.165, 1.54) is 5.56 Å². The second-order valence-corrected chi connectivity index (χ2v) is 3.41. The third kappa shape index (κ3) is 1.69. The molecule has 0 saturated heterocycles. The maximum absolute atomic E-state index is 5.63. The number of hydrogen-bond acceptors (Lipinski definition) is 5. The summed E-state index contributed by atoms with van der Waals surface area (Å²) in [6, 6.07) is 0. The Balaban J connectivity index is 2.46. The molecule has 0 fully saturated rings. The van der Waals surface area contributed by atoms with Crippen LogP contribution in [0.4, 0.5) is 5.95 Å². The first-order valence-corrected chi connectivity index (χ1v) is 4.86. The van der Waals surface area contributed by atoms with Crippen LogP contribution in [0.15, 0.2) is 0 Å². The third-order valence-electron chi connectivity index (χ3n) is 2.48. The van der Waals surface area contributed by atoms with Crippen molar-refractivity contribution in [1.29, 1.82) is 0 Å². The molecule has 0 unspecified atom stereocenters. The van der Waals surface area contributed by atoms with E-state index in [-0.39, 0.29) is 0 Å². The molecule has 1 aromatic heterocycles. The van der Waals surface area contributed by atoms with Crippen LogP contribution in [-0.2, 0) is 19.4 Å². The molecule has 2 heterocycles. The summed E-state index contributed by atoms with van der Waals surface area (Å²) >= 11 is 0. The summed E-state index contributed by atoms with van der Waals surface area (Å²) in [4.78, 5) is 8.41. The van der Waals surface area contributed by atoms with Gasteiger partial charge in [-0.05, 0) is 18.5 Å². The maximum Gasteiger partial charge on any atom is 0.220 e. The van der Waals surface area contributed by atoms with Gasteiger partial charge in [0.2, 0.25) is 5.95 Å². The second-order valence-electron chi connectivity index (χ2n) is 3.41. The SMILES string of the molecule is NCc1nc(N)nc2c1CCNCC2. The lowest BCUT2D eigenvalue weighted by Crippen LogP contribution is -2.16. The molecule has 0 saturated carbocycles. The highest BCUT2D eigenvalue weighted by molar-refractivity contribution is 5.33. The van der Waals surface area contributed by atoms with Gasteiger partial charge in [-0.25, -0.2) is 9.97 Å². The standard InChI is InChI=1S/C9H15N5/c10-5-8-6-1-3-12-4-2-7(6)13-9(11)14-8/h12H,1-5,10H2,(H2,11,13,14). The highest BCUT2D eigenvalue weighted by atomic mass is 15.0. The number of nitrogens with zero attached hydrogens (tertiary/aromatic N) is 2. The smallest absolute Gasteiger partial charge is 0.220 e. The second kappa shape index (κ2) is 3.89. The number of nitrogen functional groups attached to an aromatic ring is 1. The third-order valence-corrected chi connectivity index (χ3v) is 2.48. The molecule has 0 bridgehead atoms. The van der Waals surface area contributed by atoms with Crippen LogP contribution in [0.1, 0.15) is 17.0 Å². The minimum absolute atomic E-state index is 0.339. The molecule has 0 spiro atoms. The van der Waals surface area contributed by atoms with Crippen molar-refractivity contribution in [2.24, 2.45) is 5.73 Å². The van der Waals surface area contributed by atoms with Crippen LogP contribution in [0.5, 0.6) is 0 Å². The van der Waals surface area contributed by atoms with Gasteiger partial charge in [0.25, 0.3) is 0 Å². The molecule has 0 aromatic carbocycles. The summed E-state index contributed by atoms with van der Waals surface area (Å²) in [7, 11) is 0. The fourth-order valence-corrected chi connectivity index (χ4v) is 1.81. The first-order valence-electron chi connectivity index (χ1n) is 4.86. The van der Waals surface area contributed by atoms with E-state index in [1.807, 2.05) is 0 Å². The molecular weight excluding hydrogens is 178 g/mol. The van der Waals surface area contributed by atoms with Crippen molar-refractivity contribution in [3.63, 3.8) is 0 Å². The molecule has 1 aliphatic heterocycles. The summed E-state index contributed by atoms with van der Waals surface area (Å²) < 4.78 is 0. The predicted octanol–water partition coefficient (Wildman–Crippen LogP) is -0.794. The number of nitrogens with two attached hydrogens (primary N) is 2. The highest BCUT2D eigenvalue weighted by Crippen LogP contribution is 2.15. The van der Waals surface area contributed by atoms with Crippen molar-refractivity contribution >= 4 is 5.95 Å². The van der Waals surface area contributed by atoms with Crippen molar-refractivity contribution in [2.45, 2.75) is 19.4 Å². The van der Waals surface area contributed by atoms with Gasteiger partial charge in [-0.2, -0.15) is 0 Å². The van der Waals surface area contributed by atoms with Gasteiger partial charge in [-0.1, -0.05) is 0 Å². The molecule has 0 amide bonds. The lowest BCUT2D eigenvalue weighted by Gasteiger charge is -2.09. The molecule has 76 valence electrons. The van der Waals surface area contributed by atoms with Crippen LogP contribution in [-0.4, -0.2) is 23.1 Å². The molecule has 5 heteroatoms. The highest BCUT2D eigenvalue weighted by Gasteiger charge is 2.14. The fourth-order valence-electron chi connectivity index (χ4n) is 1.81. The van der Waals surface area contributed by atoms with Crippen LogP contribution in [0.25, 0.3) is 0 Å². The minimum Gasteiger partial charge on any atom is -0.368 e. The van der Waals surface area contributed by atoms with Crippen molar-refractivity contribution < 1.29 is 0 Å². The summed E-state index contributed by atoms with van der Waals surface area (Å²) in [6.07, 6.45) is 1.86. The Bertz CT molecular complexity index is 336. The van der Waals surface area contributed by atoms with Crippen LogP contribution in [0.2, 0.25) is 0 Å². The molecule has 0 atom stereocenters. The van der Waals surface area contributed by atoms with Gasteiger partial charge in [0.15, 0.2) is 0 Å². The van der Waals surface area contributed by atoms with E-state index in [9.17, 15) is 0 Å².